The third-order valence-electron chi connectivity index (χ3n) is 5.66. The number of carbonyl (C=O) groups is 1. The highest BCUT2D eigenvalue weighted by Crippen LogP contribution is 2.12. The molecule has 0 bridgehead atoms. The maximum absolute atomic E-state index is 13.4. The number of rotatable bonds is 6. The summed E-state index contributed by atoms with van der Waals surface area (Å²) >= 11 is 0. The zero-order valence-corrected chi connectivity index (χ0v) is 19.1. The predicted octanol–water partition coefficient (Wildman–Crippen LogP) is 2.28. The van der Waals surface area contributed by atoms with E-state index in [1.165, 1.54) is 0 Å². The van der Waals surface area contributed by atoms with Gasteiger partial charge in [-0.05, 0) is 62.4 Å². The molecule has 172 valence electrons. The van der Waals surface area contributed by atoms with Crippen LogP contribution in [0.3, 0.4) is 0 Å². The molecule has 3 aromatic rings. The van der Waals surface area contributed by atoms with Gasteiger partial charge in [-0.3, -0.25) is 14.2 Å². The van der Waals surface area contributed by atoms with Crippen LogP contribution in [-0.2, 0) is 11.3 Å². The fourth-order valence-corrected chi connectivity index (χ4v) is 4.13. The Morgan fingerprint density at radius 1 is 1.09 bits per heavy atom. The fourth-order valence-electron chi connectivity index (χ4n) is 4.13. The number of hydrogen-bond acceptors (Lipinski definition) is 5. The van der Waals surface area contributed by atoms with Gasteiger partial charge in [0, 0.05) is 13.2 Å². The van der Waals surface area contributed by atoms with E-state index in [9.17, 15) is 14.4 Å². The first-order chi connectivity index (χ1) is 15.8. The standard InChI is InChI=1S/C25H28N4O4/c1-16-6-4-7-19(11-16)15-28-24(31)22(23(30)26-14-21-8-5-9-33-21)27-29(25(28)32)20-12-17(2)10-18(3)13-20/h4,6-7,10-13,21H,5,8-9,14-15H2,1-3H3,(H,26,30). The quantitative estimate of drug-likeness (QED) is 0.624. The number of aryl methyl sites for hydroxylation is 3. The second-order valence-corrected chi connectivity index (χ2v) is 8.61. The molecule has 1 aliphatic rings. The van der Waals surface area contributed by atoms with E-state index >= 15 is 0 Å². The molecule has 1 fully saturated rings. The molecular weight excluding hydrogens is 420 g/mol. The lowest BCUT2D eigenvalue weighted by Gasteiger charge is -2.14. The monoisotopic (exact) mass is 448 g/mol. The molecule has 0 spiro atoms. The molecule has 1 saturated heterocycles. The number of benzene rings is 2. The van der Waals surface area contributed by atoms with Gasteiger partial charge in [-0.2, -0.15) is 9.78 Å². The van der Waals surface area contributed by atoms with Crippen LogP contribution in [0.5, 0.6) is 0 Å². The second kappa shape index (κ2) is 9.54. The molecule has 0 aliphatic carbocycles. The lowest BCUT2D eigenvalue weighted by molar-refractivity contribution is 0.0849. The van der Waals surface area contributed by atoms with Gasteiger partial charge in [-0.25, -0.2) is 4.79 Å². The second-order valence-electron chi connectivity index (χ2n) is 8.61. The number of amides is 1. The maximum atomic E-state index is 13.4. The zero-order valence-electron chi connectivity index (χ0n) is 19.1. The van der Waals surface area contributed by atoms with Crippen molar-refractivity contribution in [2.45, 2.75) is 46.3 Å². The van der Waals surface area contributed by atoms with Crippen LogP contribution in [0.25, 0.3) is 5.69 Å². The third-order valence-corrected chi connectivity index (χ3v) is 5.66. The van der Waals surface area contributed by atoms with E-state index in [1.54, 1.807) is 12.1 Å². The van der Waals surface area contributed by atoms with E-state index in [2.05, 4.69) is 10.4 Å². The van der Waals surface area contributed by atoms with Gasteiger partial charge in [0.2, 0.25) is 5.69 Å². The number of nitrogens with zero attached hydrogens (tertiary/aromatic N) is 3. The van der Waals surface area contributed by atoms with Gasteiger partial charge in [0.25, 0.3) is 11.5 Å². The minimum Gasteiger partial charge on any atom is -0.376 e. The molecule has 1 aromatic heterocycles. The zero-order chi connectivity index (χ0) is 23.5. The number of nitrogens with one attached hydrogen (secondary N) is 1. The summed E-state index contributed by atoms with van der Waals surface area (Å²) in [7, 11) is 0. The molecule has 2 heterocycles. The normalized spacial score (nSPS) is 15.5. The molecule has 4 rings (SSSR count). The lowest BCUT2D eigenvalue weighted by atomic mass is 10.1. The van der Waals surface area contributed by atoms with Gasteiger partial charge >= 0.3 is 5.69 Å². The van der Waals surface area contributed by atoms with E-state index in [-0.39, 0.29) is 18.3 Å². The van der Waals surface area contributed by atoms with Crippen LogP contribution in [0.2, 0.25) is 0 Å². The average Bonchev–Trinajstić information content (AvgIpc) is 3.28. The van der Waals surface area contributed by atoms with Gasteiger partial charge in [-0.1, -0.05) is 35.9 Å². The number of aromatic nitrogens is 3. The van der Waals surface area contributed by atoms with Gasteiger partial charge < -0.3 is 10.1 Å². The van der Waals surface area contributed by atoms with Crippen LogP contribution in [0.1, 0.15) is 45.6 Å². The summed E-state index contributed by atoms with van der Waals surface area (Å²) < 4.78 is 7.76. The average molecular weight is 449 g/mol. The van der Waals surface area contributed by atoms with Gasteiger partial charge in [0.05, 0.1) is 18.3 Å². The first kappa shape index (κ1) is 22.7. The van der Waals surface area contributed by atoms with Crippen LogP contribution in [0, 0.1) is 20.8 Å². The van der Waals surface area contributed by atoms with Crippen molar-refractivity contribution in [2.24, 2.45) is 0 Å². The Balaban J connectivity index is 1.80. The van der Waals surface area contributed by atoms with Crippen molar-refractivity contribution in [1.29, 1.82) is 0 Å². The Kier molecular flexibility index (Phi) is 6.55. The van der Waals surface area contributed by atoms with E-state index in [1.807, 2.05) is 51.1 Å². The Hall–Kier alpha value is -3.52. The molecule has 8 nitrogen and oxygen atoms in total. The van der Waals surface area contributed by atoms with Crippen LogP contribution in [-0.4, -0.2) is 39.5 Å². The summed E-state index contributed by atoms with van der Waals surface area (Å²) in [6.07, 6.45) is 1.72. The van der Waals surface area contributed by atoms with Crippen molar-refractivity contribution in [3.8, 4) is 5.69 Å². The largest absolute Gasteiger partial charge is 0.376 e. The van der Waals surface area contributed by atoms with Crippen LogP contribution >= 0.6 is 0 Å². The molecule has 33 heavy (non-hydrogen) atoms. The summed E-state index contributed by atoms with van der Waals surface area (Å²) in [5, 5.41) is 6.95. The van der Waals surface area contributed by atoms with Crippen molar-refractivity contribution in [1.82, 2.24) is 19.7 Å². The molecule has 1 amide bonds. The maximum Gasteiger partial charge on any atom is 0.352 e. The van der Waals surface area contributed by atoms with Crippen molar-refractivity contribution in [3.05, 3.63) is 91.3 Å². The SMILES string of the molecule is Cc1cccc(Cn2c(=O)c(C(=O)NCC3CCCO3)nn(-c3cc(C)cc(C)c3)c2=O)c1. The van der Waals surface area contributed by atoms with E-state index < -0.39 is 17.2 Å². The first-order valence-corrected chi connectivity index (χ1v) is 11.1. The highest BCUT2D eigenvalue weighted by molar-refractivity contribution is 5.91. The van der Waals surface area contributed by atoms with Crippen molar-refractivity contribution in [3.63, 3.8) is 0 Å². The molecule has 0 saturated carbocycles. The summed E-state index contributed by atoms with van der Waals surface area (Å²) in [5.74, 6) is -0.619. The summed E-state index contributed by atoms with van der Waals surface area (Å²) in [4.78, 5) is 39.5. The molecule has 2 aromatic carbocycles. The van der Waals surface area contributed by atoms with Crippen molar-refractivity contribution < 1.29 is 9.53 Å². The van der Waals surface area contributed by atoms with Gasteiger partial charge in [-0.15, -0.1) is 0 Å². The van der Waals surface area contributed by atoms with Crippen LogP contribution in [0.4, 0.5) is 0 Å². The Bertz CT molecular complexity index is 1280. The number of carbonyl (C=O) groups excluding carboxylic acids is 1. The summed E-state index contributed by atoms with van der Waals surface area (Å²) in [5.41, 5.74) is 2.56. The summed E-state index contributed by atoms with van der Waals surface area (Å²) in [6, 6.07) is 13.1. The Morgan fingerprint density at radius 2 is 1.85 bits per heavy atom. The minimum absolute atomic E-state index is 0.0404. The Morgan fingerprint density at radius 3 is 2.52 bits per heavy atom. The molecule has 1 unspecified atom stereocenters. The van der Waals surface area contributed by atoms with Crippen molar-refractivity contribution >= 4 is 5.91 Å². The Labute approximate surface area is 191 Å². The summed E-state index contributed by atoms with van der Waals surface area (Å²) in [6.45, 7) is 6.77. The molecule has 1 aliphatic heterocycles. The number of ether oxygens (including phenoxy) is 1. The number of hydrogen-bond donors (Lipinski definition) is 1. The van der Waals surface area contributed by atoms with Crippen LogP contribution in [0.15, 0.2) is 52.1 Å². The fraction of sp³-hybridized carbons (Fsp3) is 0.360. The smallest absolute Gasteiger partial charge is 0.352 e. The highest BCUT2D eigenvalue weighted by Gasteiger charge is 2.23. The molecule has 8 heteroatoms. The molecular formula is C25H28N4O4. The van der Waals surface area contributed by atoms with Gasteiger partial charge in [0.1, 0.15) is 0 Å². The molecule has 0 radical (unpaired) electrons. The molecule has 1 N–H and O–H groups in total. The predicted molar refractivity (Wildman–Crippen MR) is 125 cm³/mol. The van der Waals surface area contributed by atoms with Gasteiger partial charge in [0.15, 0.2) is 0 Å². The third kappa shape index (κ3) is 5.12. The van der Waals surface area contributed by atoms with E-state index in [4.69, 9.17) is 4.74 Å². The first-order valence-electron chi connectivity index (χ1n) is 11.1. The highest BCUT2D eigenvalue weighted by atomic mass is 16.5. The minimum atomic E-state index is -0.716. The molecule has 1 atom stereocenters. The van der Waals surface area contributed by atoms with E-state index in [0.29, 0.717) is 18.8 Å². The van der Waals surface area contributed by atoms with E-state index in [0.717, 1.165) is 44.3 Å². The van der Waals surface area contributed by atoms with Crippen LogP contribution < -0.4 is 16.6 Å². The topological polar surface area (TPSA) is 95.2 Å². The lowest BCUT2D eigenvalue weighted by Crippen LogP contribution is -2.46. The van der Waals surface area contributed by atoms with Crippen molar-refractivity contribution in [2.75, 3.05) is 13.2 Å².